The first-order valence-electron chi connectivity index (χ1n) is 6.38. The Labute approximate surface area is 110 Å². The van der Waals surface area contributed by atoms with Crippen LogP contribution in [0.5, 0.6) is 0 Å². The molecule has 1 N–H and O–H groups in total. The van der Waals surface area contributed by atoms with Crippen LogP contribution in [0, 0.1) is 0 Å². The Kier molecular flexibility index (Phi) is 3.22. The summed E-state index contributed by atoms with van der Waals surface area (Å²) in [5.74, 6) is 0.333. The van der Waals surface area contributed by atoms with Crippen molar-refractivity contribution in [2.75, 3.05) is 13.1 Å². The number of hydrogen-bond donors (Lipinski definition) is 1. The summed E-state index contributed by atoms with van der Waals surface area (Å²) >= 11 is 0. The van der Waals surface area contributed by atoms with Crippen LogP contribution in [0.25, 0.3) is 0 Å². The van der Waals surface area contributed by atoms with Crippen molar-refractivity contribution < 1.29 is 4.79 Å². The molecular formula is C13H15N5O. The second-order valence-electron chi connectivity index (χ2n) is 4.71. The third kappa shape index (κ3) is 2.47. The van der Waals surface area contributed by atoms with E-state index in [-0.39, 0.29) is 5.91 Å². The molecule has 1 saturated heterocycles. The number of rotatable bonds is 2. The number of likely N-dealkylation sites (tertiary alicyclic amines) is 1. The van der Waals surface area contributed by atoms with Gasteiger partial charge in [0.1, 0.15) is 6.33 Å². The molecule has 3 heterocycles. The lowest BCUT2D eigenvalue weighted by Gasteiger charge is -2.32. The van der Waals surface area contributed by atoms with Crippen LogP contribution in [0.3, 0.4) is 0 Å². The lowest BCUT2D eigenvalue weighted by atomic mass is 9.94. The molecule has 2 aromatic heterocycles. The van der Waals surface area contributed by atoms with Gasteiger partial charge in [0.15, 0.2) is 0 Å². The molecule has 1 aliphatic heterocycles. The largest absolute Gasteiger partial charge is 0.338 e. The van der Waals surface area contributed by atoms with Gasteiger partial charge in [-0.15, -0.1) is 0 Å². The van der Waals surface area contributed by atoms with Crippen molar-refractivity contribution in [3.8, 4) is 0 Å². The smallest absolute Gasteiger partial charge is 0.257 e. The molecule has 3 rings (SSSR count). The summed E-state index contributed by atoms with van der Waals surface area (Å²) in [6.45, 7) is 1.51. The third-order valence-corrected chi connectivity index (χ3v) is 3.48. The first-order valence-corrected chi connectivity index (χ1v) is 6.38. The summed E-state index contributed by atoms with van der Waals surface area (Å²) in [6.07, 6.45) is 8.57. The Hall–Kier alpha value is -2.24. The van der Waals surface area contributed by atoms with Crippen molar-refractivity contribution in [2.45, 2.75) is 18.8 Å². The van der Waals surface area contributed by atoms with E-state index in [0.717, 1.165) is 25.1 Å². The molecule has 0 saturated carbocycles. The second-order valence-corrected chi connectivity index (χ2v) is 4.71. The fourth-order valence-corrected chi connectivity index (χ4v) is 2.50. The van der Waals surface area contributed by atoms with Crippen LogP contribution < -0.4 is 0 Å². The van der Waals surface area contributed by atoms with Crippen molar-refractivity contribution in [1.82, 2.24) is 25.1 Å². The summed E-state index contributed by atoms with van der Waals surface area (Å²) in [7, 11) is 0. The number of piperidine rings is 1. The zero-order valence-corrected chi connectivity index (χ0v) is 10.5. The summed E-state index contributed by atoms with van der Waals surface area (Å²) in [5.41, 5.74) is 1.63. The monoisotopic (exact) mass is 257 g/mol. The van der Waals surface area contributed by atoms with Crippen molar-refractivity contribution >= 4 is 5.91 Å². The maximum Gasteiger partial charge on any atom is 0.257 e. The van der Waals surface area contributed by atoms with Crippen LogP contribution in [0.1, 0.15) is 34.8 Å². The van der Waals surface area contributed by atoms with Gasteiger partial charge in [0.05, 0.1) is 11.8 Å². The highest BCUT2D eigenvalue weighted by Gasteiger charge is 2.26. The Morgan fingerprint density at radius 2 is 2.42 bits per heavy atom. The molecule has 1 aliphatic rings. The minimum absolute atomic E-state index is 0.0347. The fourth-order valence-electron chi connectivity index (χ4n) is 2.50. The van der Waals surface area contributed by atoms with E-state index in [2.05, 4.69) is 20.2 Å². The number of carbonyl (C=O) groups excluding carboxylic acids is 1. The van der Waals surface area contributed by atoms with Gasteiger partial charge in [-0.3, -0.25) is 9.89 Å². The Balaban J connectivity index is 1.73. The molecular weight excluding hydrogens is 242 g/mol. The zero-order chi connectivity index (χ0) is 13.1. The van der Waals surface area contributed by atoms with E-state index in [4.69, 9.17) is 0 Å². The lowest BCUT2D eigenvalue weighted by molar-refractivity contribution is 0.0706. The zero-order valence-electron chi connectivity index (χ0n) is 10.5. The molecule has 6 heteroatoms. The molecule has 1 amide bonds. The molecule has 0 unspecified atom stereocenters. The Morgan fingerprint density at radius 1 is 1.47 bits per heavy atom. The van der Waals surface area contributed by atoms with Crippen molar-refractivity contribution in [3.63, 3.8) is 0 Å². The van der Waals surface area contributed by atoms with Gasteiger partial charge >= 0.3 is 0 Å². The molecule has 6 nitrogen and oxygen atoms in total. The maximum absolute atomic E-state index is 12.3. The highest BCUT2D eigenvalue weighted by molar-refractivity contribution is 5.93. The van der Waals surface area contributed by atoms with Crippen LogP contribution >= 0.6 is 0 Å². The van der Waals surface area contributed by atoms with Gasteiger partial charge in [-0.25, -0.2) is 9.97 Å². The van der Waals surface area contributed by atoms with Crippen molar-refractivity contribution in [2.24, 2.45) is 0 Å². The number of H-pyrrole nitrogens is 1. The summed E-state index contributed by atoms with van der Waals surface area (Å²) < 4.78 is 0. The number of nitrogens with one attached hydrogen (secondary N) is 1. The summed E-state index contributed by atoms with van der Waals surface area (Å²) in [5, 5.41) is 6.50. The van der Waals surface area contributed by atoms with Gasteiger partial charge in [0, 0.05) is 37.1 Å². The molecule has 1 atom stereocenters. The SMILES string of the molecule is O=C(c1cn[nH]c1)N1CCC[C@H](c2ccncn2)C1. The predicted octanol–water partition coefficient (Wildman–Crippen LogP) is 1.22. The van der Waals surface area contributed by atoms with Crippen molar-refractivity contribution in [3.05, 3.63) is 42.2 Å². The molecule has 98 valence electrons. The van der Waals surface area contributed by atoms with E-state index in [9.17, 15) is 4.79 Å². The molecule has 0 aromatic carbocycles. The number of aromatic nitrogens is 4. The van der Waals surface area contributed by atoms with Crippen LogP contribution in [0.15, 0.2) is 31.0 Å². The molecule has 0 aliphatic carbocycles. The minimum atomic E-state index is 0.0347. The van der Waals surface area contributed by atoms with Crippen LogP contribution in [0.2, 0.25) is 0 Å². The Bertz CT molecular complexity index is 539. The van der Waals surface area contributed by atoms with Gasteiger partial charge < -0.3 is 4.90 Å². The standard InChI is InChI=1S/C13H15N5O/c19-13(11-6-16-17-7-11)18-5-1-2-10(8-18)12-3-4-14-9-15-12/h3-4,6-7,9-10H,1-2,5,8H2,(H,16,17)/t10-/m0/s1. The van der Waals surface area contributed by atoms with E-state index in [0.29, 0.717) is 18.0 Å². The number of aromatic amines is 1. The average Bonchev–Trinajstić information content (AvgIpc) is 3.02. The topological polar surface area (TPSA) is 74.8 Å². The third-order valence-electron chi connectivity index (χ3n) is 3.48. The van der Waals surface area contributed by atoms with Gasteiger partial charge in [0.2, 0.25) is 0 Å². The highest BCUT2D eigenvalue weighted by atomic mass is 16.2. The molecule has 0 bridgehead atoms. The summed E-state index contributed by atoms with van der Waals surface area (Å²) in [6, 6.07) is 1.93. The Morgan fingerprint density at radius 3 is 3.16 bits per heavy atom. The first kappa shape index (κ1) is 11.8. The number of amides is 1. The van der Waals surface area contributed by atoms with Crippen LogP contribution in [0.4, 0.5) is 0 Å². The quantitative estimate of drug-likeness (QED) is 0.877. The maximum atomic E-state index is 12.3. The fraction of sp³-hybridized carbons (Fsp3) is 0.385. The van der Waals surface area contributed by atoms with E-state index in [1.807, 2.05) is 11.0 Å². The highest BCUT2D eigenvalue weighted by Crippen LogP contribution is 2.25. The van der Waals surface area contributed by atoms with Gasteiger partial charge in [-0.1, -0.05) is 0 Å². The second kappa shape index (κ2) is 5.17. The van der Waals surface area contributed by atoms with E-state index in [1.54, 1.807) is 24.9 Å². The average molecular weight is 257 g/mol. The molecule has 0 radical (unpaired) electrons. The van der Waals surface area contributed by atoms with Gasteiger partial charge in [0.25, 0.3) is 5.91 Å². The first-order chi connectivity index (χ1) is 9.34. The van der Waals surface area contributed by atoms with Crippen LogP contribution in [-0.2, 0) is 0 Å². The van der Waals surface area contributed by atoms with Crippen molar-refractivity contribution in [1.29, 1.82) is 0 Å². The van der Waals surface area contributed by atoms with Gasteiger partial charge in [-0.05, 0) is 18.9 Å². The lowest BCUT2D eigenvalue weighted by Crippen LogP contribution is -2.39. The normalized spacial score (nSPS) is 19.4. The molecule has 2 aromatic rings. The number of hydrogen-bond acceptors (Lipinski definition) is 4. The summed E-state index contributed by atoms with van der Waals surface area (Å²) in [4.78, 5) is 22.4. The molecule has 19 heavy (non-hydrogen) atoms. The minimum Gasteiger partial charge on any atom is -0.338 e. The van der Waals surface area contributed by atoms with E-state index < -0.39 is 0 Å². The van der Waals surface area contributed by atoms with E-state index in [1.165, 1.54) is 0 Å². The van der Waals surface area contributed by atoms with Crippen LogP contribution in [-0.4, -0.2) is 44.1 Å². The van der Waals surface area contributed by atoms with Gasteiger partial charge in [-0.2, -0.15) is 5.10 Å². The predicted molar refractivity (Wildman–Crippen MR) is 68.5 cm³/mol. The number of carbonyl (C=O) groups is 1. The molecule has 0 spiro atoms. The van der Waals surface area contributed by atoms with E-state index >= 15 is 0 Å². The molecule has 1 fully saturated rings. The number of nitrogens with zero attached hydrogens (tertiary/aromatic N) is 4.